The van der Waals surface area contributed by atoms with Gasteiger partial charge in [-0.15, -0.1) is 0 Å². The smallest absolute Gasteiger partial charge is 0.416 e. The molecule has 0 bridgehead atoms. The van der Waals surface area contributed by atoms with Gasteiger partial charge in [0, 0.05) is 18.0 Å². The minimum atomic E-state index is -4.47. The maximum absolute atomic E-state index is 13.1. The van der Waals surface area contributed by atoms with Crippen LogP contribution in [0.5, 0.6) is 5.75 Å². The van der Waals surface area contributed by atoms with Gasteiger partial charge in [-0.25, -0.2) is 4.79 Å². The molecule has 1 unspecified atom stereocenters. The Morgan fingerprint density at radius 2 is 1.70 bits per heavy atom. The molecule has 2 aromatic carbocycles. The van der Waals surface area contributed by atoms with Gasteiger partial charge in [-0.3, -0.25) is 4.79 Å². The van der Waals surface area contributed by atoms with Gasteiger partial charge in [0.1, 0.15) is 5.75 Å². The van der Waals surface area contributed by atoms with Crippen LogP contribution in [-0.2, 0) is 27.0 Å². The van der Waals surface area contributed by atoms with Crippen molar-refractivity contribution in [2.24, 2.45) is 0 Å². The lowest BCUT2D eigenvalue weighted by molar-refractivity contribution is -0.144. The van der Waals surface area contributed by atoms with Crippen LogP contribution in [0.2, 0.25) is 0 Å². The summed E-state index contributed by atoms with van der Waals surface area (Å²) in [5.74, 6) is -0.827. The highest BCUT2D eigenvalue weighted by Crippen LogP contribution is 2.39. The molecule has 0 aromatic heterocycles. The summed E-state index contributed by atoms with van der Waals surface area (Å²) in [5, 5.41) is 0. The van der Waals surface area contributed by atoms with E-state index in [2.05, 4.69) is 0 Å². The summed E-state index contributed by atoms with van der Waals surface area (Å²) in [6, 6.07) is 11.8. The van der Waals surface area contributed by atoms with Crippen molar-refractivity contribution in [2.45, 2.75) is 51.9 Å². The van der Waals surface area contributed by atoms with Crippen LogP contribution < -0.4 is 4.74 Å². The summed E-state index contributed by atoms with van der Waals surface area (Å²) in [4.78, 5) is 27.6. The van der Waals surface area contributed by atoms with Crippen LogP contribution in [0.3, 0.4) is 0 Å². The molecule has 0 radical (unpaired) electrons. The van der Waals surface area contributed by atoms with Crippen molar-refractivity contribution < 1.29 is 32.2 Å². The van der Waals surface area contributed by atoms with E-state index in [9.17, 15) is 22.8 Å². The fourth-order valence-corrected chi connectivity index (χ4v) is 3.85. The fourth-order valence-electron chi connectivity index (χ4n) is 3.85. The first-order valence-corrected chi connectivity index (χ1v) is 10.5. The van der Waals surface area contributed by atoms with Crippen LogP contribution in [0.15, 0.2) is 59.8 Å². The predicted molar refractivity (Wildman–Crippen MR) is 116 cm³/mol. The molecule has 2 aromatic rings. The van der Waals surface area contributed by atoms with Gasteiger partial charge in [0.05, 0.1) is 30.9 Å². The molecule has 33 heavy (non-hydrogen) atoms. The maximum atomic E-state index is 13.1. The van der Waals surface area contributed by atoms with Crippen molar-refractivity contribution in [1.82, 2.24) is 4.90 Å². The Hall–Kier alpha value is -3.29. The van der Waals surface area contributed by atoms with Gasteiger partial charge in [0.25, 0.3) is 0 Å². The van der Waals surface area contributed by atoms with Crippen LogP contribution in [0.25, 0.3) is 0 Å². The Morgan fingerprint density at radius 3 is 2.21 bits per heavy atom. The molecule has 0 saturated carbocycles. The molecule has 8 heteroatoms. The van der Waals surface area contributed by atoms with Crippen molar-refractivity contribution in [1.29, 1.82) is 0 Å². The first-order chi connectivity index (χ1) is 15.5. The standard InChI is InChI=1S/C25H26F3NO4/c1-15(2)33-24(31)23-16(3)29(14-17-5-11-20(32-4)12-6-17)22(30)13-21(23)18-7-9-19(10-8-18)25(26,27)28/h5-12,15,21H,13-14H2,1-4H3. The van der Waals surface area contributed by atoms with Crippen LogP contribution >= 0.6 is 0 Å². The summed E-state index contributed by atoms with van der Waals surface area (Å²) in [7, 11) is 1.56. The third-order valence-electron chi connectivity index (χ3n) is 5.53. The molecule has 0 spiro atoms. The Balaban J connectivity index is 2.00. The quantitative estimate of drug-likeness (QED) is 0.537. The molecule has 1 amide bonds. The Bertz CT molecular complexity index is 1040. The van der Waals surface area contributed by atoms with Crippen molar-refractivity contribution in [2.75, 3.05) is 7.11 Å². The van der Waals surface area contributed by atoms with Gasteiger partial charge in [0.15, 0.2) is 0 Å². The molecule has 0 fully saturated rings. The van der Waals surface area contributed by atoms with E-state index in [0.29, 0.717) is 17.0 Å². The average Bonchev–Trinajstić information content (AvgIpc) is 2.75. The first-order valence-electron chi connectivity index (χ1n) is 10.5. The number of carbonyl (C=O) groups excluding carboxylic acids is 2. The predicted octanol–water partition coefficient (Wildman–Crippen LogP) is 5.46. The second kappa shape index (κ2) is 9.68. The van der Waals surface area contributed by atoms with E-state index in [-0.39, 0.29) is 24.4 Å². The van der Waals surface area contributed by atoms with Crippen LogP contribution in [0.1, 0.15) is 49.8 Å². The molecule has 0 aliphatic carbocycles. The molecule has 1 atom stereocenters. The molecular weight excluding hydrogens is 435 g/mol. The van der Waals surface area contributed by atoms with E-state index in [1.54, 1.807) is 40.0 Å². The monoisotopic (exact) mass is 461 g/mol. The van der Waals surface area contributed by atoms with Gasteiger partial charge >= 0.3 is 12.1 Å². The van der Waals surface area contributed by atoms with Gasteiger partial charge in [0.2, 0.25) is 5.91 Å². The van der Waals surface area contributed by atoms with E-state index < -0.39 is 29.7 Å². The highest BCUT2D eigenvalue weighted by atomic mass is 19.4. The molecule has 1 aliphatic heterocycles. The zero-order valence-electron chi connectivity index (χ0n) is 18.9. The summed E-state index contributed by atoms with van der Waals surface area (Å²) in [6.07, 6.45) is -4.92. The van der Waals surface area contributed by atoms with E-state index >= 15 is 0 Å². The lowest BCUT2D eigenvalue weighted by atomic mass is 9.83. The number of alkyl halides is 3. The third-order valence-corrected chi connectivity index (χ3v) is 5.53. The highest BCUT2D eigenvalue weighted by molar-refractivity contribution is 5.96. The van der Waals surface area contributed by atoms with E-state index in [1.165, 1.54) is 17.0 Å². The number of methoxy groups -OCH3 is 1. The van der Waals surface area contributed by atoms with Crippen LogP contribution in [0.4, 0.5) is 13.2 Å². The topological polar surface area (TPSA) is 55.8 Å². The van der Waals surface area contributed by atoms with Gasteiger partial charge in [-0.2, -0.15) is 13.2 Å². The van der Waals surface area contributed by atoms with Crippen LogP contribution in [0, 0.1) is 0 Å². The third kappa shape index (κ3) is 5.56. The van der Waals surface area contributed by atoms with Gasteiger partial charge in [-0.1, -0.05) is 24.3 Å². The van der Waals surface area contributed by atoms with Crippen LogP contribution in [-0.4, -0.2) is 30.0 Å². The highest BCUT2D eigenvalue weighted by Gasteiger charge is 2.38. The fraction of sp³-hybridized carbons (Fsp3) is 0.360. The van der Waals surface area contributed by atoms with Crippen molar-refractivity contribution >= 4 is 11.9 Å². The lowest BCUT2D eigenvalue weighted by Gasteiger charge is -2.35. The summed E-state index contributed by atoms with van der Waals surface area (Å²) < 4.78 is 49.5. The molecule has 1 heterocycles. The van der Waals surface area contributed by atoms with Crippen molar-refractivity contribution in [3.63, 3.8) is 0 Å². The minimum Gasteiger partial charge on any atom is -0.497 e. The second-order valence-corrected chi connectivity index (χ2v) is 8.16. The van der Waals surface area contributed by atoms with Crippen molar-refractivity contribution in [3.05, 3.63) is 76.5 Å². The average molecular weight is 461 g/mol. The molecule has 5 nitrogen and oxygen atoms in total. The first kappa shape index (κ1) is 24.4. The summed E-state index contributed by atoms with van der Waals surface area (Å²) in [6.45, 7) is 5.33. The Labute approximate surface area is 190 Å². The number of nitrogens with zero attached hydrogens (tertiary/aromatic N) is 1. The SMILES string of the molecule is COc1ccc(CN2C(=O)CC(c3ccc(C(F)(F)F)cc3)C(C(=O)OC(C)C)=C2C)cc1. The van der Waals surface area contributed by atoms with Gasteiger partial charge < -0.3 is 14.4 Å². The number of benzene rings is 2. The van der Waals surface area contributed by atoms with Gasteiger partial charge in [-0.05, 0) is 56.2 Å². The van der Waals surface area contributed by atoms with E-state index in [1.807, 2.05) is 12.1 Å². The zero-order valence-corrected chi connectivity index (χ0v) is 18.9. The number of ether oxygens (including phenoxy) is 2. The second-order valence-electron chi connectivity index (χ2n) is 8.16. The normalized spacial score (nSPS) is 16.9. The number of hydrogen-bond donors (Lipinski definition) is 0. The molecular formula is C25H26F3NO4. The number of esters is 1. The molecule has 176 valence electrons. The molecule has 0 N–H and O–H groups in total. The lowest BCUT2D eigenvalue weighted by Crippen LogP contribution is -2.38. The molecule has 1 aliphatic rings. The van der Waals surface area contributed by atoms with E-state index in [0.717, 1.165) is 17.7 Å². The number of halogens is 3. The Morgan fingerprint density at radius 1 is 1.09 bits per heavy atom. The minimum absolute atomic E-state index is 0.0542. The number of rotatable bonds is 6. The largest absolute Gasteiger partial charge is 0.497 e. The summed E-state index contributed by atoms with van der Waals surface area (Å²) >= 11 is 0. The van der Waals surface area contributed by atoms with Crippen molar-refractivity contribution in [3.8, 4) is 5.75 Å². The molecule has 0 saturated heterocycles. The zero-order chi connectivity index (χ0) is 24.3. The Kier molecular flexibility index (Phi) is 7.15. The summed E-state index contributed by atoms with van der Waals surface area (Å²) in [5.41, 5.74) is 1.21. The number of amides is 1. The molecule has 3 rings (SSSR count). The number of hydrogen-bond acceptors (Lipinski definition) is 4. The number of allylic oxidation sites excluding steroid dienone is 1. The number of carbonyl (C=O) groups is 2. The van der Waals surface area contributed by atoms with E-state index in [4.69, 9.17) is 9.47 Å². The maximum Gasteiger partial charge on any atom is 0.416 e.